The van der Waals surface area contributed by atoms with Gasteiger partial charge in [-0.3, -0.25) is 0 Å². The van der Waals surface area contributed by atoms with E-state index in [4.69, 9.17) is 4.52 Å². The molecule has 0 saturated heterocycles. The zero-order chi connectivity index (χ0) is 13.2. The number of hydrogen-bond acceptors (Lipinski definition) is 5. The zero-order valence-corrected chi connectivity index (χ0v) is 11.8. The summed E-state index contributed by atoms with van der Waals surface area (Å²) in [4.78, 5) is 0. The van der Waals surface area contributed by atoms with Crippen molar-refractivity contribution in [3.05, 3.63) is 34.5 Å². The minimum absolute atomic E-state index is 0.335. The Morgan fingerprint density at radius 1 is 1.44 bits per heavy atom. The van der Waals surface area contributed by atoms with Gasteiger partial charge in [-0.05, 0) is 31.7 Å². The second-order valence-electron chi connectivity index (χ2n) is 3.88. The summed E-state index contributed by atoms with van der Waals surface area (Å²) in [7, 11) is -3.38. The van der Waals surface area contributed by atoms with Crippen molar-refractivity contribution >= 4 is 21.4 Å². The molecule has 0 saturated carbocycles. The fourth-order valence-electron chi connectivity index (χ4n) is 1.66. The monoisotopic (exact) mass is 286 g/mol. The van der Waals surface area contributed by atoms with Crippen LogP contribution in [0.3, 0.4) is 0 Å². The molecule has 5 nitrogen and oxygen atoms in total. The van der Waals surface area contributed by atoms with Crippen LogP contribution in [0.1, 0.15) is 17.0 Å². The average molecular weight is 286 g/mol. The van der Waals surface area contributed by atoms with E-state index in [0.29, 0.717) is 17.2 Å². The van der Waals surface area contributed by atoms with Crippen LogP contribution in [0.4, 0.5) is 0 Å². The summed E-state index contributed by atoms with van der Waals surface area (Å²) in [5.74, 6) is 0.739. The molecule has 0 fully saturated rings. The Morgan fingerprint density at radius 3 is 2.78 bits per heavy atom. The predicted octanol–water partition coefficient (Wildman–Crippen LogP) is 1.87. The number of nitrogens with one attached hydrogen (secondary N) is 1. The van der Waals surface area contributed by atoms with E-state index in [9.17, 15) is 8.42 Å². The maximum absolute atomic E-state index is 11.9. The van der Waals surface area contributed by atoms with Gasteiger partial charge in [0.1, 0.15) is 9.97 Å². The van der Waals surface area contributed by atoms with Crippen LogP contribution in [-0.4, -0.2) is 20.1 Å². The van der Waals surface area contributed by atoms with Gasteiger partial charge in [0, 0.05) is 12.1 Å². The second kappa shape index (κ2) is 5.21. The highest BCUT2D eigenvalue weighted by molar-refractivity contribution is 7.91. The fourth-order valence-corrected chi connectivity index (χ4v) is 3.73. The van der Waals surface area contributed by atoms with Crippen LogP contribution in [0.15, 0.2) is 26.2 Å². The molecule has 2 aromatic rings. The van der Waals surface area contributed by atoms with Crippen molar-refractivity contribution in [3.8, 4) is 0 Å². The molecule has 2 aromatic heterocycles. The van der Waals surface area contributed by atoms with E-state index in [2.05, 4.69) is 9.88 Å². The van der Waals surface area contributed by atoms with E-state index in [0.717, 1.165) is 17.0 Å². The Bertz CT molecular complexity index is 595. The molecular weight excluding hydrogens is 272 g/mol. The van der Waals surface area contributed by atoms with E-state index in [1.165, 1.54) is 11.3 Å². The normalized spacial score (nSPS) is 11.9. The lowest BCUT2D eigenvalue weighted by molar-refractivity contribution is 0.392. The summed E-state index contributed by atoms with van der Waals surface area (Å²) >= 11 is 1.20. The molecule has 2 heterocycles. The highest BCUT2D eigenvalue weighted by Gasteiger charge is 2.15. The largest absolute Gasteiger partial charge is 0.361 e. The predicted molar refractivity (Wildman–Crippen MR) is 69.2 cm³/mol. The summed E-state index contributed by atoms with van der Waals surface area (Å²) in [5.41, 5.74) is 1.77. The van der Waals surface area contributed by atoms with E-state index in [1.807, 2.05) is 13.8 Å². The van der Waals surface area contributed by atoms with Crippen LogP contribution in [0.2, 0.25) is 0 Å². The van der Waals surface area contributed by atoms with Crippen molar-refractivity contribution < 1.29 is 12.9 Å². The second-order valence-corrected chi connectivity index (χ2v) is 6.82. The quantitative estimate of drug-likeness (QED) is 0.911. The number of hydrogen-bond donors (Lipinski definition) is 1. The molecule has 7 heteroatoms. The number of thiophene rings is 1. The third kappa shape index (κ3) is 2.80. The summed E-state index contributed by atoms with van der Waals surface area (Å²) in [6.07, 6.45) is 0.575. The van der Waals surface area contributed by atoms with Crippen molar-refractivity contribution in [2.75, 3.05) is 6.54 Å². The maximum Gasteiger partial charge on any atom is 0.250 e. The van der Waals surface area contributed by atoms with Gasteiger partial charge in [0.15, 0.2) is 0 Å². The topological polar surface area (TPSA) is 72.2 Å². The van der Waals surface area contributed by atoms with Crippen molar-refractivity contribution in [3.63, 3.8) is 0 Å². The first kappa shape index (κ1) is 13.3. The standard InChI is InChI=1S/C11H14N2O3S2/c1-8-10(9(2)16-13-8)5-6-12-18(14,15)11-4-3-7-17-11/h3-4,7,12H,5-6H2,1-2H3. The molecule has 0 aromatic carbocycles. The van der Waals surface area contributed by atoms with Gasteiger partial charge >= 0.3 is 0 Å². The van der Waals surface area contributed by atoms with Crippen molar-refractivity contribution in [2.24, 2.45) is 0 Å². The lowest BCUT2D eigenvalue weighted by atomic mass is 10.1. The molecule has 18 heavy (non-hydrogen) atoms. The van der Waals surface area contributed by atoms with Gasteiger partial charge in [-0.1, -0.05) is 11.2 Å². The van der Waals surface area contributed by atoms with E-state index in [-0.39, 0.29) is 0 Å². The third-order valence-electron chi connectivity index (χ3n) is 2.61. The molecule has 0 amide bonds. The van der Waals surface area contributed by atoms with Crippen LogP contribution in [0.5, 0.6) is 0 Å². The molecule has 0 aliphatic rings. The molecular formula is C11H14N2O3S2. The zero-order valence-electron chi connectivity index (χ0n) is 10.1. The molecule has 1 N–H and O–H groups in total. The van der Waals surface area contributed by atoms with E-state index in [1.54, 1.807) is 17.5 Å². The molecule has 0 spiro atoms. The lowest BCUT2D eigenvalue weighted by Crippen LogP contribution is -2.25. The number of aryl methyl sites for hydroxylation is 2. The van der Waals surface area contributed by atoms with E-state index >= 15 is 0 Å². The molecule has 0 aliphatic carbocycles. The number of nitrogens with zero attached hydrogens (tertiary/aromatic N) is 1. The Hall–Kier alpha value is -1.18. The average Bonchev–Trinajstić information content (AvgIpc) is 2.93. The first-order valence-electron chi connectivity index (χ1n) is 5.45. The van der Waals surface area contributed by atoms with Gasteiger partial charge in [-0.2, -0.15) is 0 Å². The summed E-state index contributed by atoms with van der Waals surface area (Å²) in [6, 6.07) is 3.30. The van der Waals surface area contributed by atoms with Gasteiger partial charge in [0.05, 0.1) is 5.69 Å². The van der Waals surface area contributed by atoms with E-state index < -0.39 is 10.0 Å². The Balaban J connectivity index is 1.98. The molecule has 0 unspecified atom stereocenters. The number of aromatic nitrogens is 1. The highest BCUT2D eigenvalue weighted by atomic mass is 32.2. The van der Waals surface area contributed by atoms with Crippen molar-refractivity contribution in [2.45, 2.75) is 24.5 Å². The Labute approximate surface area is 110 Å². The van der Waals surface area contributed by atoms with Crippen LogP contribution in [0.25, 0.3) is 0 Å². The summed E-state index contributed by atoms with van der Waals surface area (Å²) < 4.78 is 31.6. The Kier molecular flexibility index (Phi) is 3.84. The minimum atomic E-state index is -3.38. The lowest BCUT2D eigenvalue weighted by Gasteiger charge is -2.04. The summed E-state index contributed by atoms with van der Waals surface area (Å²) in [5, 5.41) is 5.57. The van der Waals surface area contributed by atoms with Crippen LogP contribution in [-0.2, 0) is 16.4 Å². The minimum Gasteiger partial charge on any atom is -0.361 e. The maximum atomic E-state index is 11.9. The van der Waals surface area contributed by atoms with Crippen LogP contribution >= 0.6 is 11.3 Å². The van der Waals surface area contributed by atoms with Crippen molar-refractivity contribution in [1.29, 1.82) is 0 Å². The first-order valence-corrected chi connectivity index (χ1v) is 7.82. The van der Waals surface area contributed by atoms with Gasteiger partial charge in [0.25, 0.3) is 0 Å². The molecule has 0 aliphatic heterocycles. The molecule has 0 atom stereocenters. The third-order valence-corrected chi connectivity index (χ3v) is 5.47. The highest BCUT2D eigenvalue weighted by Crippen LogP contribution is 2.16. The van der Waals surface area contributed by atoms with Crippen LogP contribution < -0.4 is 4.72 Å². The summed E-state index contributed by atoms with van der Waals surface area (Å²) in [6.45, 7) is 4.01. The van der Waals surface area contributed by atoms with Gasteiger partial charge in [-0.15, -0.1) is 11.3 Å². The van der Waals surface area contributed by atoms with Gasteiger partial charge < -0.3 is 4.52 Å². The van der Waals surface area contributed by atoms with Gasteiger partial charge in [0.2, 0.25) is 10.0 Å². The SMILES string of the molecule is Cc1noc(C)c1CCNS(=O)(=O)c1cccs1. The van der Waals surface area contributed by atoms with Crippen molar-refractivity contribution in [1.82, 2.24) is 9.88 Å². The molecule has 0 bridgehead atoms. The molecule has 98 valence electrons. The number of rotatable bonds is 5. The Morgan fingerprint density at radius 2 is 2.22 bits per heavy atom. The molecule has 2 rings (SSSR count). The fraction of sp³-hybridized carbons (Fsp3) is 0.364. The van der Waals surface area contributed by atoms with Gasteiger partial charge in [-0.25, -0.2) is 13.1 Å². The smallest absolute Gasteiger partial charge is 0.250 e. The van der Waals surface area contributed by atoms with Crippen LogP contribution in [0, 0.1) is 13.8 Å². The first-order chi connectivity index (χ1) is 8.50. The number of sulfonamides is 1. The molecule has 0 radical (unpaired) electrons.